The maximum atomic E-state index is 9.19. The molecule has 8 heteroatoms. The number of nitrogens with zero attached hydrogens (tertiary/aromatic N) is 5. The molecule has 1 aliphatic heterocycles. The highest BCUT2D eigenvalue weighted by Gasteiger charge is 2.23. The lowest BCUT2D eigenvalue weighted by Crippen LogP contribution is -2.45. The lowest BCUT2D eigenvalue weighted by molar-refractivity contribution is 0.00314. The third-order valence-corrected chi connectivity index (χ3v) is 3.30. The van der Waals surface area contributed by atoms with Gasteiger partial charge < -0.3 is 25.4 Å². The van der Waals surface area contributed by atoms with E-state index in [2.05, 4.69) is 15.0 Å². The van der Waals surface area contributed by atoms with Crippen molar-refractivity contribution in [3.63, 3.8) is 0 Å². The highest BCUT2D eigenvalue weighted by molar-refractivity contribution is 5.43. The fourth-order valence-electron chi connectivity index (χ4n) is 2.17. The van der Waals surface area contributed by atoms with Crippen molar-refractivity contribution in [3.8, 4) is 0 Å². The van der Waals surface area contributed by atoms with Crippen LogP contribution in [0.3, 0.4) is 0 Å². The third kappa shape index (κ3) is 3.26. The minimum Gasteiger partial charge on any atom is -0.394 e. The number of nitrogen functional groups attached to an aromatic ring is 1. The summed E-state index contributed by atoms with van der Waals surface area (Å²) in [5.74, 6) is 1.34. The number of rotatable bonds is 5. The number of anilines is 3. The van der Waals surface area contributed by atoms with Crippen molar-refractivity contribution in [2.75, 3.05) is 54.9 Å². The summed E-state index contributed by atoms with van der Waals surface area (Å²) >= 11 is 0. The van der Waals surface area contributed by atoms with Crippen molar-refractivity contribution < 1.29 is 9.84 Å². The normalized spacial score (nSPS) is 19.1. The molecule has 0 aliphatic carbocycles. The smallest absolute Gasteiger partial charge is 0.232 e. The Morgan fingerprint density at radius 2 is 2.10 bits per heavy atom. The number of nitrogens with two attached hydrogens (primary N) is 1. The molecule has 1 saturated heterocycles. The number of ether oxygens (including phenoxy) is 1. The SMILES string of the molecule is CCN(CC)c1nc(N)nc(N2CCOC(CO)C2)n1. The molecule has 0 saturated carbocycles. The second-order valence-electron chi connectivity index (χ2n) is 4.59. The van der Waals surface area contributed by atoms with E-state index in [4.69, 9.17) is 10.5 Å². The zero-order valence-corrected chi connectivity index (χ0v) is 12.0. The largest absolute Gasteiger partial charge is 0.394 e. The molecule has 112 valence electrons. The standard InChI is InChI=1S/C12H22N6O2/c1-3-17(4-2)11-14-10(13)15-12(16-11)18-5-6-20-9(7-18)8-19/h9,19H,3-8H2,1-2H3,(H2,13,14,15,16). The van der Waals surface area contributed by atoms with Crippen molar-refractivity contribution >= 4 is 17.8 Å². The predicted octanol–water partition coefficient (Wildman–Crippen LogP) is -0.502. The monoisotopic (exact) mass is 282 g/mol. The number of aliphatic hydroxyl groups is 1. The van der Waals surface area contributed by atoms with Gasteiger partial charge in [-0.2, -0.15) is 15.0 Å². The predicted molar refractivity (Wildman–Crippen MR) is 76.8 cm³/mol. The Labute approximate surface area is 118 Å². The summed E-state index contributed by atoms with van der Waals surface area (Å²) in [4.78, 5) is 16.8. The maximum Gasteiger partial charge on any atom is 0.232 e. The minimum atomic E-state index is -0.210. The van der Waals surface area contributed by atoms with Crippen LogP contribution < -0.4 is 15.5 Å². The molecule has 2 rings (SSSR count). The second kappa shape index (κ2) is 6.67. The average Bonchev–Trinajstić information content (AvgIpc) is 2.48. The molecule has 3 N–H and O–H groups in total. The highest BCUT2D eigenvalue weighted by atomic mass is 16.5. The van der Waals surface area contributed by atoms with Crippen molar-refractivity contribution in [2.24, 2.45) is 0 Å². The topological polar surface area (TPSA) is 101 Å². The van der Waals surface area contributed by atoms with Crippen LogP contribution in [0.2, 0.25) is 0 Å². The summed E-state index contributed by atoms with van der Waals surface area (Å²) in [7, 11) is 0. The van der Waals surface area contributed by atoms with E-state index in [9.17, 15) is 5.11 Å². The Kier molecular flexibility index (Phi) is 4.91. The fourth-order valence-corrected chi connectivity index (χ4v) is 2.17. The summed E-state index contributed by atoms with van der Waals surface area (Å²) in [6.45, 7) is 7.45. The molecular weight excluding hydrogens is 260 g/mol. The Balaban J connectivity index is 2.22. The van der Waals surface area contributed by atoms with E-state index in [0.717, 1.165) is 13.1 Å². The molecule has 20 heavy (non-hydrogen) atoms. The molecule has 0 bridgehead atoms. The molecule has 2 heterocycles. The molecule has 1 aromatic heterocycles. The second-order valence-corrected chi connectivity index (χ2v) is 4.59. The van der Waals surface area contributed by atoms with Crippen LogP contribution in [0.4, 0.5) is 17.8 Å². The average molecular weight is 282 g/mol. The van der Waals surface area contributed by atoms with E-state index >= 15 is 0 Å². The molecule has 1 aliphatic rings. The van der Waals surface area contributed by atoms with Gasteiger partial charge in [0, 0.05) is 26.2 Å². The van der Waals surface area contributed by atoms with Gasteiger partial charge in [-0.1, -0.05) is 0 Å². The first kappa shape index (κ1) is 14.7. The lowest BCUT2D eigenvalue weighted by Gasteiger charge is -2.32. The van der Waals surface area contributed by atoms with Gasteiger partial charge in [-0.25, -0.2) is 0 Å². The van der Waals surface area contributed by atoms with Crippen LogP contribution in [0.15, 0.2) is 0 Å². The number of aromatic nitrogens is 3. The molecule has 1 aromatic rings. The maximum absolute atomic E-state index is 9.19. The van der Waals surface area contributed by atoms with Crippen molar-refractivity contribution in [1.82, 2.24) is 15.0 Å². The van der Waals surface area contributed by atoms with Crippen LogP contribution in [0, 0.1) is 0 Å². The molecule has 0 radical (unpaired) electrons. The quantitative estimate of drug-likeness (QED) is 0.745. The molecule has 0 amide bonds. The molecular formula is C12H22N6O2. The summed E-state index contributed by atoms with van der Waals surface area (Å²) in [6, 6.07) is 0. The summed E-state index contributed by atoms with van der Waals surface area (Å²) in [5, 5.41) is 9.19. The number of hydrogen-bond donors (Lipinski definition) is 2. The molecule has 0 spiro atoms. The molecule has 1 unspecified atom stereocenters. The van der Waals surface area contributed by atoms with E-state index in [1.165, 1.54) is 0 Å². The summed E-state index contributed by atoms with van der Waals surface area (Å²) < 4.78 is 5.42. The first-order valence-corrected chi connectivity index (χ1v) is 6.91. The van der Waals surface area contributed by atoms with E-state index in [1.807, 2.05) is 23.6 Å². The first-order valence-electron chi connectivity index (χ1n) is 6.91. The molecule has 0 aromatic carbocycles. The molecule has 1 fully saturated rings. The van der Waals surface area contributed by atoms with Gasteiger partial charge in [0.1, 0.15) is 0 Å². The Hall–Kier alpha value is -1.67. The van der Waals surface area contributed by atoms with Gasteiger partial charge in [0.2, 0.25) is 17.8 Å². The van der Waals surface area contributed by atoms with E-state index in [1.54, 1.807) is 0 Å². The summed E-state index contributed by atoms with van der Waals surface area (Å²) in [5.41, 5.74) is 5.78. The fraction of sp³-hybridized carbons (Fsp3) is 0.750. The van der Waals surface area contributed by atoms with Crippen LogP contribution >= 0.6 is 0 Å². The zero-order valence-electron chi connectivity index (χ0n) is 12.0. The van der Waals surface area contributed by atoms with Crippen LogP contribution in [-0.2, 0) is 4.74 Å². The summed E-state index contributed by atoms with van der Waals surface area (Å²) in [6.07, 6.45) is -0.210. The van der Waals surface area contributed by atoms with Crippen LogP contribution in [-0.4, -0.2) is 65.6 Å². The van der Waals surface area contributed by atoms with Gasteiger partial charge in [-0.15, -0.1) is 0 Å². The molecule has 1 atom stereocenters. The van der Waals surface area contributed by atoms with Crippen molar-refractivity contribution in [3.05, 3.63) is 0 Å². The van der Waals surface area contributed by atoms with Crippen LogP contribution in [0.5, 0.6) is 0 Å². The number of hydrogen-bond acceptors (Lipinski definition) is 8. The Bertz CT molecular complexity index is 440. The van der Waals surface area contributed by atoms with Crippen LogP contribution in [0.1, 0.15) is 13.8 Å². The highest BCUT2D eigenvalue weighted by Crippen LogP contribution is 2.17. The van der Waals surface area contributed by atoms with Gasteiger partial charge in [0.25, 0.3) is 0 Å². The van der Waals surface area contributed by atoms with Gasteiger partial charge in [0.15, 0.2) is 0 Å². The van der Waals surface area contributed by atoms with Gasteiger partial charge in [-0.3, -0.25) is 0 Å². The molecule has 8 nitrogen and oxygen atoms in total. The lowest BCUT2D eigenvalue weighted by atomic mass is 10.3. The van der Waals surface area contributed by atoms with Crippen molar-refractivity contribution in [2.45, 2.75) is 20.0 Å². The van der Waals surface area contributed by atoms with Crippen molar-refractivity contribution in [1.29, 1.82) is 0 Å². The number of aliphatic hydroxyl groups excluding tert-OH is 1. The van der Waals surface area contributed by atoms with E-state index in [0.29, 0.717) is 31.6 Å². The number of morpholine rings is 1. The minimum absolute atomic E-state index is 0.0139. The van der Waals surface area contributed by atoms with Gasteiger partial charge >= 0.3 is 0 Å². The Morgan fingerprint density at radius 1 is 1.35 bits per heavy atom. The van der Waals surface area contributed by atoms with E-state index in [-0.39, 0.29) is 18.7 Å². The van der Waals surface area contributed by atoms with Gasteiger partial charge in [-0.05, 0) is 13.8 Å². The van der Waals surface area contributed by atoms with Gasteiger partial charge in [0.05, 0.1) is 19.3 Å². The third-order valence-electron chi connectivity index (χ3n) is 3.30. The first-order chi connectivity index (χ1) is 9.67. The van der Waals surface area contributed by atoms with E-state index < -0.39 is 0 Å². The zero-order chi connectivity index (χ0) is 14.5. The van der Waals surface area contributed by atoms with Crippen LogP contribution in [0.25, 0.3) is 0 Å². The Morgan fingerprint density at radius 3 is 2.75 bits per heavy atom.